The van der Waals surface area contributed by atoms with E-state index in [1.165, 1.54) is 0 Å². The third-order valence-electron chi connectivity index (χ3n) is 3.68. The lowest BCUT2D eigenvalue weighted by Gasteiger charge is -2.09. The minimum absolute atomic E-state index is 0.163. The highest BCUT2D eigenvalue weighted by atomic mass is 16.5. The zero-order valence-corrected chi connectivity index (χ0v) is 14.5. The Bertz CT molecular complexity index is 825. The molecule has 0 aliphatic heterocycles. The summed E-state index contributed by atoms with van der Waals surface area (Å²) in [6.07, 6.45) is 0. The lowest BCUT2D eigenvalue weighted by Crippen LogP contribution is -1.99. The van der Waals surface area contributed by atoms with Crippen LogP contribution >= 0.6 is 0 Å². The van der Waals surface area contributed by atoms with Gasteiger partial charge < -0.3 is 18.6 Å². The monoisotopic (exact) mass is 340 g/mol. The first kappa shape index (κ1) is 16.8. The summed E-state index contributed by atoms with van der Waals surface area (Å²) in [6.45, 7) is 4.38. The molecule has 0 N–H and O–H groups in total. The molecular weight excluding hydrogens is 320 g/mol. The largest absolute Gasteiger partial charge is 0.493 e. The maximum Gasteiger partial charge on any atom is 0.254 e. The van der Waals surface area contributed by atoms with Crippen molar-refractivity contribution in [2.24, 2.45) is 0 Å². The van der Waals surface area contributed by atoms with E-state index in [1.54, 1.807) is 7.11 Å². The summed E-state index contributed by atoms with van der Waals surface area (Å²) in [5, 5.41) is 7.97. The van der Waals surface area contributed by atoms with Crippen LogP contribution < -0.4 is 14.2 Å². The number of nitrogens with zero attached hydrogens (tertiary/aromatic N) is 2. The number of hydrogen-bond donors (Lipinski definition) is 0. The highest BCUT2D eigenvalue weighted by Gasteiger charge is 2.11. The van der Waals surface area contributed by atoms with Crippen LogP contribution in [0.2, 0.25) is 0 Å². The Morgan fingerprint density at radius 3 is 2.04 bits per heavy atom. The van der Waals surface area contributed by atoms with Gasteiger partial charge >= 0.3 is 0 Å². The van der Waals surface area contributed by atoms with E-state index in [-0.39, 0.29) is 13.2 Å². The van der Waals surface area contributed by atoms with E-state index < -0.39 is 0 Å². The van der Waals surface area contributed by atoms with Crippen molar-refractivity contribution in [3.63, 3.8) is 0 Å². The third kappa shape index (κ3) is 4.09. The number of methoxy groups -OCH3 is 1. The van der Waals surface area contributed by atoms with E-state index in [1.807, 2.05) is 56.3 Å². The molecule has 0 amide bonds. The van der Waals surface area contributed by atoms with Gasteiger partial charge in [-0.25, -0.2) is 0 Å². The molecule has 3 rings (SSSR count). The minimum Gasteiger partial charge on any atom is -0.493 e. The molecule has 0 radical (unpaired) electrons. The molecule has 1 heterocycles. The van der Waals surface area contributed by atoms with Crippen molar-refractivity contribution < 1.29 is 18.6 Å². The van der Waals surface area contributed by atoms with Crippen molar-refractivity contribution in [2.75, 3.05) is 7.11 Å². The Kier molecular flexibility index (Phi) is 5.18. The first-order chi connectivity index (χ1) is 12.2. The number of benzene rings is 2. The van der Waals surface area contributed by atoms with Gasteiger partial charge in [0.2, 0.25) is 0 Å². The van der Waals surface area contributed by atoms with E-state index in [2.05, 4.69) is 10.2 Å². The summed E-state index contributed by atoms with van der Waals surface area (Å²) in [4.78, 5) is 0. The Labute approximate surface area is 146 Å². The molecule has 3 aromatic rings. The maximum atomic E-state index is 5.81. The SMILES string of the molecule is COc1ccccc1OCc1nnc(COc2c(C)cccc2C)o1. The van der Waals surface area contributed by atoms with E-state index >= 15 is 0 Å². The van der Waals surface area contributed by atoms with Crippen LogP contribution in [0.15, 0.2) is 46.9 Å². The second kappa shape index (κ2) is 7.70. The van der Waals surface area contributed by atoms with Crippen LogP contribution in [0.3, 0.4) is 0 Å². The van der Waals surface area contributed by atoms with E-state index in [0.29, 0.717) is 23.3 Å². The van der Waals surface area contributed by atoms with Crippen LogP contribution in [0.4, 0.5) is 0 Å². The number of rotatable bonds is 7. The molecule has 0 spiro atoms. The molecule has 0 saturated heterocycles. The Hall–Kier alpha value is -3.02. The predicted octanol–water partition coefficient (Wildman–Crippen LogP) is 3.85. The number of ether oxygens (including phenoxy) is 3. The normalized spacial score (nSPS) is 10.5. The zero-order chi connectivity index (χ0) is 17.6. The number of aryl methyl sites for hydroxylation is 2. The van der Waals surface area contributed by atoms with Crippen LogP contribution in [0.5, 0.6) is 17.2 Å². The average Bonchev–Trinajstić information content (AvgIpc) is 3.07. The van der Waals surface area contributed by atoms with Crippen LogP contribution in [0.1, 0.15) is 22.9 Å². The van der Waals surface area contributed by atoms with Gasteiger partial charge in [-0.2, -0.15) is 0 Å². The quantitative estimate of drug-likeness (QED) is 0.651. The lowest BCUT2D eigenvalue weighted by atomic mass is 10.1. The maximum absolute atomic E-state index is 5.81. The molecule has 0 aliphatic carbocycles. The van der Waals surface area contributed by atoms with Gasteiger partial charge in [0.05, 0.1) is 7.11 Å². The lowest BCUT2D eigenvalue weighted by molar-refractivity contribution is 0.225. The van der Waals surface area contributed by atoms with Crippen molar-refractivity contribution >= 4 is 0 Å². The van der Waals surface area contributed by atoms with Gasteiger partial charge in [0.1, 0.15) is 5.75 Å². The van der Waals surface area contributed by atoms with E-state index in [9.17, 15) is 0 Å². The molecule has 2 aromatic carbocycles. The van der Waals surface area contributed by atoms with Gasteiger partial charge in [0.15, 0.2) is 24.7 Å². The van der Waals surface area contributed by atoms with Gasteiger partial charge in [-0.15, -0.1) is 10.2 Å². The smallest absolute Gasteiger partial charge is 0.254 e. The minimum atomic E-state index is 0.163. The van der Waals surface area contributed by atoms with Crippen LogP contribution in [0, 0.1) is 13.8 Å². The van der Waals surface area contributed by atoms with Gasteiger partial charge in [0, 0.05) is 0 Å². The van der Waals surface area contributed by atoms with Crippen molar-refractivity contribution in [1.29, 1.82) is 0 Å². The summed E-state index contributed by atoms with van der Waals surface area (Å²) in [7, 11) is 1.60. The second-order valence-corrected chi connectivity index (χ2v) is 5.54. The van der Waals surface area contributed by atoms with Gasteiger partial charge in [0.25, 0.3) is 11.8 Å². The van der Waals surface area contributed by atoms with Gasteiger partial charge in [-0.1, -0.05) is 30.3 Å². The first-order valence-electron chi connectivity index (χ1n) is 7.93. The summed E-state index contributed by atoms with van der Waals surface area (Å²) in [6, 6.07) is 13.4. The molecule has 6 heteroatoms. The van der Waals surface area contributed by atoms with Crippen LogP contribution in [0.25, 0.3) is 0 Å². The molecule has 0 aliphatic rings. The topological polar surface area (TPSA) is 66.6 Å². The Balaban J connectivity index is 1.59. The molecule has 25 heavy (non-hydrogen) atoms. The molecule has 0 bridgehead atoms. The molecule has 0 fully saturated rings. The third-order valence-corrected chi connectivity index (χ3v) is 3.68. The molecule has 130 valence electrons. The first-order valence-corrected chi connectivity index (χ1v) is 7.93. The highest BCUT2D eigenvalue weighted by Crippen LogP contribution is 2.26. The zero-order valence-electron chi connectivity index (χ0n) is 14.5. The molecule has 0 saturated carbocycles. The van der Waals surface area contributed by atoms with Crippen molar-refractivity contribution in [2.45, 2.75) is 27.1 Å². The Morgan fingerprint density at radius 1 is 0.800 bits per heavy atom. The molecule has 0 unspecified atom stereocenters. The predicted molar refractivity (Wildman–Crippen MR) is 91.9 cm³/mol. The number of hydrogen-bond acceptors (Lipinski definition) is 6. The van der Waals surface area contributed by atoms with Crippen molar-refractivity contribution in [1.82, 2.24) is 10.2 Å². The second-order valence-electron chi connectivity index (χ2n) is 5.54. The number of aromatic nitrogens is 2. The van der Waals surface area contributed by atoms with Crippen LogP contribution in [-0.4, -0.2) is 17.3 Å². The highest BCUT2D eigenvalue weighted by molar-refractivity contribution is 5.40. The van der Waals surface area contributed by atoms with Gasteiger partial charge in [-0.3, -0.25) is 0 Å². The average molecular weight is 340 g/mol. The van der Waals surface area contributed by atoms with Crippen molar-refractivity contribution in [3.05, 3.63) is 65.4 Å². The van der Waals surface area contributed by atoms with Crippen LogP contribution in [-0.2, 0) is 13.2 Å². The summed E-state index contributed by atoms with van der Waals surface area (Å²) < 4.78 is 22.3. The van der Waals surface area contributed by atoms with E-state index in [0.717, 1.165) is 16.9 Å². The fraction of sp³-hybridized carbons (Fsp3) is 0.263. The Morgan fingerprint density at radius 2 is 1.40 bits per heavy atom. The van der Waals surface area contributed by atoms with Gasteiger partial charge in [-0.05, 0) is 37.1 Å². The fourth-order valence-electron chi connectivity index (χ4n) is 2.44. The fourth-order valence-corrected chi connectivity index (χ4v) is 2.44. The van der Waals surface area contributed by atoms with E-state index in [4.69, 9.17) is 18.6 Å². The molecular formula is C19H20N2O4. The summed E-state index contributed by atoms with van der Waals surface area (Å²) in [5.41, 5.74) is 2.14. The molecule has 6 nitrogen and oxygen atoms in total. The molecule has 1 aromatic heterocycles. The summed E-state index contributed by atoms with van der Waals surface area (Å²) in [5.74, 6) is 2.90. The standard InChI is InChI=1S/C19H20N2O4/c1-13-7-6-8-14(2)19(13)24-12-18-21-20-17(25-18)11-23-16-10-5-4-9-15(16)22-3/h4-10H,11-12H2,1-3H3. The van der Waals surface area contributed by atoms with Crippen molar-refractivity contribution in [3.8, 4) is 17.2 Å². The summed E-state index contributed by atoms with van der Waals surface area (Å²) >= 11 is 0. The molecule has 0 atom stereocenters. The number of para-hydroxylation sites is 3.